The molecule has 21 heavy (non-hydrogen) atoms. The van der Waals surface area contributed by atoms with E-state index in [-0.39, 0.29) is 38.8 Å². The average Bonchev–Trinajstić information content (AvgIpc) is 2.53. The van der Waals surface area contributed by atoms with Crippen LogP contribution in [-0.4, -0.2) is 56.2 Å². The monoisotopic (exact) mass is 316 g/mol. The van der Waals surface area contributed by atoms with Gasteiger partial charge in [-0.3, -0.25) is 9.59 Å². The molecule has 3 N–H and O–H groups in total. The number of amides is 2. The van der Waals surface area contributed by atoms with Gasteiger partial charge in [-0.25, -0.2) is 0 Å². The Morgan fingerprint density at radius 2 is 2.24 bits per heavy atom. The van der Waals surface area contributed by atoms with Crippen molar-refractivity contribution in [2.75, 3.05) is 33.5 Å². The van der Waals surface area contributed by atoms with E-state index < -0.39 is 6.04 Å². The molecule has 0 saturated carbocycles. The molecule has 120 valence electrons. The molecule has 0 heterocycles. The summed E-state index contributed by atoms with van der Waals surface area (Å²) >= 11 is 0. The van der Waals surface area contributed by atoms with Gasteiger partial charge < -0.3 is 20.5 Å². The lowest BCUT2D eigenvalue weighted by Gasteiger charge is -2.33. The fourth-order valence-corrected chi connectivity index (χ4v) is 2.56. The highest BCUT2D eigenvalue weighted by Crippen LogP contribution is 2.32. The lowest BCUT2D eigenvalue weighted by molar-refractivity contribution is -0.124. The van der Waals surface area contributed by atoms with Gasteiger partial charge in [0.05, 0.1) is 19.8 Å². The van der Waals surface area contributed by atoms with Gasteiger partial charge >= 0.3 is 0 Å². The van der Waals surface area contributed by atoms with Crippen LogP contribution in [0.5, 0.6) is 0 Å². The fourth-order valence-electron chi connectivity index (χ4n) is 2.24. The standard InChI is InChI=1S/C14H25N2O4P/c1-15-12(18)11(16-13(19)21-2)8-20-10-14(9-17)6-4-3-5-7-14/h3-4,11,17,21H,5-10H2,1-2H3,(H,15,18)(H,16,19). The molecular weight excluding hydrogens is 291 g/mol. The van der Waals surface area contributed by atoms with E-state index in [1.54, 1.807) is 6.66 Å². The number of likely N-dealkylation sites (N-methyl/N-ethyl adjacent to an activating group) is 1. The van der Waals surface area contributed by atoms with Crippen molar-refractivity contribution in [2.45, 2.75) is 25.3 Å². The number of allylic oxidation sites excluding steroid dienone is 2. The molecule has 0 aromatic rings. The zero-order valence-electron chi connectivity index (χ0n) is 12.6. The Kier molecular flexibility index (Phi) is 7.86. The van der Waals surface area contributed by atoms with Gasteiger partial charge in [-0.15, -0.1) is 0 Å². The highest BCUT2D eigenvalue weighted by molar-refractivity contribution is 7.56. The van der Waals surface area contributed by atoms with Crippen LogP contribution in [0.25, 0.3) is 0 Å². The molecule has 7 heteroatoms. The van der Waals surface area contributed by atoms with Crippen LogP contribution in [0.4, 0.5) is 4.79 Å². The SMILES string of the molecule is CNC(=O)C(COCC1(CO)CC=CCC1)NC(=O)PC. The summed E-state index contributed by atoms with van der Waals surface area (Å²) in [7, 11) is 1.61. The zero-order valence-corrected chi connectivity index (χ0v) is 13.6. The molecule has 0 saturated heterocycles. The summed E-state index contributed by atoms with van der Waals surface area (Å²) in [6, 6.07) is -0.690. The van der Waals surface area contributed by atoms with Crippen molar-refractivity contribution in [1.82, 2.24) is 10.6 Å². The Labute approximate surface area is 127 Å². The van der Waals surface area contributed by atoms with E-state index in [1.807, 2.05) is 0 Å². The summed E-state index contributed by atoms with van der Waals surface area (Å²) in [4.78, 5) is 23.2. The normalized spacial score (nSPS) is 23.2. The van der Waals surface area contributed by atoms with E-state index in [1.165, 1.54) is 7.05 Å². The number of carbonyl (C=O) groups is 2. The number of hydrogen-bond acceptors (Lipinski definition) is 4. The second-order valence-corrected chi connectivity index (χ2v) is 6.23. The third kappa shape index (κ3) is 5.73. The number of hydrogen-bond donors (Lipinski definition) is 3. The maximum atomic E-state index is 11.7. The lowest BCUT2D eigenvalue weighted by atomic mass is 9.78. The smallest absolute Gasteiger partial charge is 0.244 e. The largest absolute Gasteiger partial charge is 0.396 e. The van der Waals surface area contributed by atoms with Gasteiger partial charge in [-0.2, -0.15) is 0 Å². The van der Waals surface area contributed by atoms with E-state index in [9.17, 15) is 14.7 Å². The number of aliphatic hydroxyl groups excluding tert-OH is 1. The first-order valence-corrected chi connectivity index (χ1v) is 8.60. The molecule has 0 bridgehead atoms. The van der Waals surface area contributed by atoms with Gasteiger partial charge in [-0.05, 0) is 34.5 Å². The summed E-state index contributed by atoms with van der Waals surface area (Å²) in [6.45, 7) is 2.31. The molecule has 1 aliphatic carbocycles. The van der Waals surface area contributed by atoms with E-state index in [2.05, 4.69) is 22.8 Å². The second-order valence-electron chi connectivity index (χ2n) is 5.28. The lowest BCUT2D eigenvalue weighted by Crippen LogP contribution is -2.48. The molecule has 0 aliphatic heterocycles. The first-order chi connectivity index (χ1) is 10.1. The van der Waals surface area contributed by atoms with Crippen molar-refractivity contribution >= 4 is 20.1 Å². The third-order valence-electron chi connectivity index (χ3n) is 3.68. The van der Waals surface area contributed by atoms with Crippen LogP contribution in [-0.2, 0) is 9.53 Å². The van der Waals surface area contributed by atoms with Crippen molar-refractivity contribution < 1.29 is 19.4 Å². The number of nitrogens with one attached hydrogen (secondary N) is 2. The van der Waals surface area contributed by atoms with E-state index in [4.69, 9.17) is 4.74 Å². The minimum atomic E-state index is -0.690. The third-order valence-corrected chi connectivity index (χ3v) is 4.28. The van der Waals surface area contributed by atoms with Crippen LogP contribution in [0.2, 0.25) is 0 Å². The predicted octanol–water partition coefficient (Wildman–Crippen LogP) is 0.854. The molecule has 0 spiro atoms. The molecule has 0 aromatic heterocycles. The van der Waals surface area contributed by atoms with Crippen LogP contribution >= 0.6 is 8.58 Å². The number of carbonyl (C=O) groups excluding carboxylic acids is 2. The first-order valence-electron chi connectivity index (χ1n) is 7.10. The quantitative estimate of drug-likeness (QED) is 0.458. The van der Waals surface area contributed by atoms with Crippen LogP contribution in [0.15, 0.2) is 12.2 Å². The number of aliphatic hydroxyl groups is 1. The molecule has 0 aromatic carbocycles. The molecule has 0 fully saturated rings. The molecule has 3 atom stereocenters. The van der Waals surface area contributed by atoms with Gasteiger partial charge in [0.25, 0.3) is 0 Å². The Morgan fingerprint density at radius 1 is 1.48 bits per heavy atom. The second kappa shape index (κ2) is 9.13. The Morgan fingerprint density at radius 3 is 2.76 bits per heavy atom. The van der Waals surface area contributed by atoms with Crippen LogP contribution in [0.1, 0.15) is 19.3 Å². The molecule has 3 unspecified atom stereocenters. The van der Waals surface area contributed by atoms with Crippen LogP contribution in [0.3, 0.4) is 0 Å². The summed E-state index contributed by atoms with van der Waals surface area (Å²) < 4.78 is 5.63. The fraction of sp³-hybridized carbons (Fsp3) is 0.714. The van der Waals surface area contributed by atoms with Crippen molar-refractivity contribution in [2.24, 2.45) is 5.41 Å². The number of ether oxygens (including phenoxy) is 1. The van der Waals surface area contributed by atoms with Gasteiger partial charge in [0.2, 0.25) is 11.6 Å². The van der Waals surface area contributed by atoms with Gasteiger partial charge in [0, 0.05) is 12.5 Å². The van der Waals surface area contributed by atoms with E-state index >= 15 is 0 Å². The number of rotatable bonds is 8. The average molecular weight is 316 g/mol. The van der Waals surface area contributed by atoms with Crippen LogP contribution in [0, 0.1) is 5.41 Å². The minimum absolute atomic E-state index is 0.0602. The van der Waals surface area contributed by atoms with Crippen molar-refractivity contribution in [3.63, 3.8) is 0 Å². The molecule has 1 aliphatic rings. The Bertz CT molecular complexity index is 389. The predicted molar refractivity (Wildman–Crippen MR) is 84.0 cm³/mol. The summed E-state index contributed by atoms with van der Waals surface area (Å²) in [5.74, 6) is -0.275. The van der Waals surface area contributed by atoms with Crippen LogP contribution < -0.4 is 10.6 Å². The van der Waals surface area contributed by atoms with Crippen molar-refractivity contribution in [1.29, 1.82) is 0 Å². The topological polar surface area (TPSA) is 87.7 Å². The van der Waals surface area contributed by atoms with Crippen molar-refractivity contribution in [3.05, 3.63) is 12.2 Å². The summed E-state index contributed by atoms with van der Waals surface area (Å²) in [5.41, 5.74) is -0.428. The van der Waals surface area contributed by atoms with Gasteiger partial charge in [-0.1, -0.05) is 12.2 Å². The van der Waals surface area contributed by atoms with Gasteiger partial charge in [0.15, 0.2) is 0 Å². The highest BCUT2D eigenvalue weighted by atomic mass is 31.1. The molecule has 2 amide bonds. The Balaban J connectivity index is 2.50. The molecular formula is C14H25N2O4P. The zero-order chi connectivity index (χ0) is 15.7. The first kappa shape index (κ1) is 18.1. The summed E-state index contributed by atoms with van der Waals surface area (Å²) in [5, 5.41) is 14.7. The molecule has 1 rings (SSSR count). The van der Waals surface area contributed by atoms with Crippen molar-refractivity contribution in [3.8, 4) is 0 Å². The highest BCUT2D eigenvalue weighted by Gasteiger charge is 2.30. The summed E-state index contributed by atoms with van der Waals surface area (Å²) in [6.07, 6.45) is 6.73. The maximum absolute atomic E-state index is 11.7. The maximum Gasteiger partial charge on any atom is 0.244 e. The van der Waals surface area contributed by atoms with E-state index in [0.29, 0.717) is 6.61 Å². The minimum Gasteiger partial charge on any atom is -0.396 e. The molecule has 6 nitrogen and oxygen atoms in total. The van der Waals surface area contributed by atoms with Gasteiger partial charge in [0.1, 0.15) is 6.04 Å². The Hall–Kier alpha value is -0.970. The molecule has 0 radical (unpaired) electrons. The van der Waals surface area contributed by atoms with E-state index in [0.717, 1.165) is 19.3 Å².